The van der Waals surface area contributed by atoms with E-state index in [1.54, 1.807) is 0 Å². The summed E-state index contributed by atoms with van der Waals surface area (Å²) >= 11 is 0. The average molecular weight is 429 g/mol. The third kappa shape index (κ3) is 2.31. The van der Waals surface area contributed by atoms with Gasteiger partial charge in [0.05, 0.1) is 33.9 Å². The molecule has 1 aliphatic carbocycles. The molecule has 1 saturated carbocycles. The first-order valence-electron chi connectivity index (χ1n) is 12.0. The molecule has 3 heterocycles. The van der Waals surface area contributed by atoms with Gasteiger partial charge in [-0.05, 0) is 72.2 Å². The molecule has 1 aliphatic rings. The Morgan fingerprint density at radius 3 is 2.58 bits per heavy atom. The second-order valence-corrected chi connectivity index (χ2v) is 9.97. The van der Waals surface area contributed by atoms with Gasteiger partial charge < -0.3 is 4.40 Å². The molecule has 0 bridgehead atoms. The number of nitrogens with zero attached hydrogens (tertiary/aromatic N) is 3. The van der Waals surface area contributed by atoms with Gasteiger partial charge >= 0.3 is 0 Å². The second-order valence-electron chi connectivity index (χ2n) is 9.97. The number of benzene rings is 3. The molecular weight excluding hydrogens is 402 g/mol. The van der Waals surface area contributed by atoms with E-state index in [0.717, 1.165) is 11.2 Å². The van der Waals surface area contributed by atoms with Crippen LogP contribution in [0.25, 0.3) is 53.8 Å². The van der Waals surface area contributed by atoms with E-state index in [4.69, 9.17) is 6.57 Å². The van der Waals surface area contributed by atoms with Crippen molar-refractivity contribution in [2.24, 2.45) is 7.05 Å². The molecule has 1 fully saturated rings. The third-order valence-corrected chi connectivity index (χ3v) is 8.23. The van der Waals surface area contributed by atoms with Crippen LogP contribution in [-0.4, -0.2) is 4.40 Å². The van der Waals surface area contributed by atoms with Gasteiger partial charge in [0.1, 0.15) is 7.05 Å². The number of para-hydroxylation sites is 1. The summed E-state index contributed by atoms with van der Waals surface area (Å²) in [4.78, 5) is 3.96. The zero-order valence-corrected chi connectivity index (χ0v) is 19.4. The number of pyridine rings is 2. The maximum Gasteiger partial charge on any atom is 0.224 e. The van der Waals surface area contributed by atoms with Crippen LogP contribution in [0.2, 0.25) is 0 Å². The minimum atomic E-state index is 0.641. The van der Waals surface area contributed by atoms with Gasteiger partial charge in [-0.1, -0.05) is 37.1 Å². The van der Waals surface area contributed by atoms with Gasteiger partial charge in [0.15, 0.2) is 6.20 Å². The molecule has 7 rings (SSSR count). The molecule has 0 radical (unpaired) electrons. The van der Waals surface area contributed by atoms with Gasteiger partial charge in [0.2, 0.25) is 11.2 Å². The first kappa shape index (κ1) is 18.9. The standard InChI is InChI=1S/C30H26N3/c1-17-14-23-22-10-7-11-24(31-3)28(22)33-25-16-21(19-8-5-6-9-19)15-20-12-13-32(4)30(27(20)25)26(18(17)2)29(23)33/h7,10-16,19H,5-6,8-9H2,1-2,4H3/q+1. The molecule has 0 saturated heterocycles. The van der Waals surface area contributed by atoms with Gasteiger partial charge in [-0.2, -0.15) is 0 Å². The molecule has 160 valence electrons. The highest BCUT2D eigenvalue weighted by atomic mass is 15.0. The molecular formula is C30H26N3+. The van der Waals surface area contributed by atoms with E-state index in [0.29, 0.717) is 5.92 Å². The SMILES string of the molecule is [C-]#[N+]c1cccc2c3cc(C)c(C)c4c3n(c3cc(C5CCCC5)cc5cc[n+](C)c4c53)c12. The number of aryl methyl sites for hydroxylation is 3. The molecule has 3 heteroatoms. The summed E-state index contributed by atoms with van der Waals surface area (Å²) < 4.78 is 4.72. The Labute approximate surface area is 193 Å². The van der Waals surface area contributed by atoms with Crippen molar-refractivity contribution in [3.05, 3.63) is 76.8 Å². The zero-order valence-electron chi connectivity index (χ0n) is 19.4. The fourth-order valence-electron chi connectivity index (χ4n) is 6.53. The quantitative estimate of drug-likeness (QED) is 0.110. The van der Waals surface area contributed by atoms with Crippen LogP contribution in [0.4, 0.5) is 5.69 Å². The minimum Gasteiger partial charge on any atom is -0.317 e. The van der Waals surface area contributed by atoms with Crippen LogP contribution in [0.1, 0.15) is 48.3 Å². The average Bonchev–Trinajstić information content (AvgIpc) is 3.47. The van der Waals surface area contributed by atoms with Gasteiger partial charge in [-0.3, -0.25) is 0 Å². The van der Waals surface area contributed by atoms with Crippen molar-refractivity contribution in [1.82, 2.24) is 4.40 Å². The van der Waals surface area contributed by atoms with Crippen molar-refractivity contribution in [1.29, 1.82) is 0 Å². The van der Waals surface area contributed by atoms with E-state index in [1.807, 2.05) is 12.1 Å². The Kier molecular flexibility index (Phi) is 3.69. The number of aromatic nitrogens is 2. The van der Waals surface area contributed by atoms with E-state index in [9.17, 15) is 0 Å². The lowest BCUT2D eigenvalue weighted by molar-refractivity contribution is -0.643. The normalized spacial score (nSPS) is 15.1. The Morgan fingerprint density at radius 2 is 1.79 bits per heavy atom. The molecule has 0 spiro atoms. The van der Waals surface area contributed by atoms with Gasteiger partial charge in [0.25, 0.3) is 0 Å². The summed E-state index contributed by atoms with van der Waals surface area (Å²) in [5, 5.41) is 6.36. The highest BCUT2D eigenvalue weighted by molar-refractivity contribution is 6.27. The maximum absolute atomic E-state index is 7.94. The van der Waals surface area contributed by atoms with E-state index < -0.39 is 0 Å². The second kappa shape index (κ2) is 6.45. The van der Waals surface area contributed by atoms with Crippen molar-refractivity contribution < 1.29 is 4.57 Å². The molecule has 0 N–H and O–H groups in total. The van der Waals surface area contributed by atoms with Crippen LogP contribution in [-0.2, 0) is 7.05 Å². The minimum absolute atomic E-state index is 0.641. The molecule has 3 aromatic heterocycles. The Hall–Kier alpha value is -3.64. The molecule has 33 heavy (non-hydrogen) atoms. The number of hydrogen-bond donors (Lipinski definition) is 0. The monoisotopic (exact) mass is 428 g/mol. The lowest BCUT2D eigenvalue weighted by Gasteiger charge is -2.17. The molecule has 6 aromatic rings. The maximum atomic E-state index is 7.94. The Balaban J connectivity index is 1.87. The van der Waals surface area contributed by atoms with Crippen molar-refractivity contribution in [3.8, 4) is 0 Å². The van der Waals surface area contributed by atoms with Gasteiger partial charge in [0, 0.05) is 11.5 Å². The predicted octanol–water partition coefficient (Wildman–Crippen LogP) is 7.64. The molecule has 3 aromatic carbocycles. The smallest absolute Gasteiger partial charge is 0.224 e. The molecule has 0 aliphatic heterocycles. The largest absolute Gasteiger partial charge is 0.317 e. The van der Waals surface area contributed by atoms with Gasteiger partial charge in [-0.25, -0.2) is 9.41 Å². The van der Waals surface area contributed by atoms with Crippen LogP contribution < -0.4 is 4.57 Å². The van der Waals surface area contributed by atoms with Crippen LogP contribution in [0, 0.1) is 20.4 Å². The number of rotatable bonds is 1. The summed E-state index contributed by atoms with van der Waals surface area (Å²) in [6, 6.07) is 15.7. The van der Waals surface area contributed by atoms with Crippen LogP contribution >= 0.6 is 0 Å². The van der Waals surface area contributed by atoms with Crippen molar-refractivity contribution in [2.75, 3.05) is 0 Å². The summed E-state index contributed by atoms with van der Waals surface area (Å²) in [6.45, 7) is 12.4. The van der Waals surface area contributed by atoms with Crippen molar-refractivity contribution in [2.45, 2.75) is 45.4 Å². The van der Waals surface area contributed by atoms with Gasteiger partial charge in [-0.15, -0.1) is 0 Å². The van der Waals surface area contributed by atoms with E-state index in [1.165, 1.54) is 85.9 Å². The van der Waals surface area contributed by atoms with E-state index >= 15 is 0 Å². The first-order chi connectivity index (χ1) is 16.1. The van der Waals surface area contributed by atoms with E-state index in [-0.39, 0.29) is 0 Å². The lowest BCUT2D eigenvalue weighted by atomic mass is 9.92. The molecule has 3 nitrogen and oxygen atoms in total. The summed E-state index contributed by atoms with van der Waals surface area (Å²) in [5.41, 5.74) is 9.65. The molecule has 0 amide bonds. The predicted molar refractivity (Wildman–Crippen MR) is 137 cm³/mol. The van der Waals surface area contributed by atoms with Crippen molar-refractivity contribution >= 4 is 54.7 Å². The summed E-state index contributed by atoms with van der Waals surface area (Å²) in [5.74, 6) is 0.641. The van der Waals surface area contributed by atoms with Crippen LogP contribution in [0.3, 0.4) is 0 Å². The van der Waals surface area contributed by atoms with Crippen molar-refractivity contribution in [3.63, 3.8) is 0 Å². The third-order valence-electron chi connectivity index (χ3n) is 8.23. The first-order valence-corrected chi connectivity index (χ1v) is 12.0. The number of hydrogen-bond acceptors (Lipinski definition) is 0. The zero-order chi connectivity index (χ0) is 22.4. The summed E-state index contributed by atoms with van der Waals surface area (Å²) in [7, 11) is 2.17. The summed E-state index contributed by atoms with van der Waals surface area (Å²) in [6.07, 6.45) is 7.43. The molecule has 0 unspecified atom stereocenters. The highest BCUT2D eigenvalue weighted by Crippen LogP contribution is 2.45. The topological polar surface area (TPSA) is 12.6 Å². The molecule has 0 atom stereocenters. The van der Waals surface area contributed by atoms with E-state index in [2.05, 4.69) is 71.2 Å². The fraction of sp³-hybridized carbons (Fsp3) is 0.267. The Morgan fingerprint density at radius 1 is 0.970 bits per heavy atom. The highest BCUT2D eigenvalue weighted by Gasteiger charge is 2.27. The van der Waals surface area contributed by atoms with Crippen LogP contribution in [0.5, 0.6) is 0 Å². The van der Waals surface area contributed by atoms with Crippen LogP contribution in [0.15, 0.2) is 48.7 Å². The lowest BCUT2D eigenvalue weighted by Crippen LogP contribution is -2.29. The number of fused-ring (bicyclic) bond motifs is 5. The Bertz CT molecular complexity index is 1810. The fourth-order valence-corrected chi connectivity index (χ4v) is 6.53.